The van der Waals surface area contributed by atoms with E-state index in [4.69, 9.17) is 32.7 Å². The van der Waals surface area contributed by atoms with Crippen LogP contribution in [0.25, 0.3) is 22.0 Å². The zero-order chi connectivity index (χ0) is 27.8. The van der Waals surface area contributed by atoms with Crippen molar-refractivity contribution >= 4 is 57.2 Å². The predicted octanol–water partition coefficient (Wildman–Crippen LogP) is 6.90. The number of ether oxygens (including phenoxy) is 2. The highest BCUT2D eigenvalue weighted by Gasteiger charge is 2.30. The predicted molar refractivity (Wildman–Crippen MR) is 156 cm³/mol. The lowest BCUT2D eigenvalue weighted by atomic mass is 10.0. The van der Waals surface area contributed by atoms with E-state index < -0.39 is 0 Å². The Morgan fingerprint density at radius 1 is 1.13 bits per heavy atom. The van der Waals surface area contributed by atoms with E-state index in [-0.39, 0.29) is 27.6 Å². The standard InChI is InChI=1S/C29H26Cl2N4O4/c1-5-24(36)33-19-8-6-7-15(2)28(19)34-23-12-20-16(14-32-23)11-18(29(37)35(20)17-9-10-17)25-26(30)21(38-3)13-22(39-4)27(25)31/h5-8,11-14,17H,1,9-10H2,2-4H3,(H,32,34)(H,33,36). The van der Waals surface area contributed by atoms with Gasteiger partial charge in [0.25, 0.3) is 5.56 Å². The molecule has 2 aromatic heterocycles. The number of pyridine rings is 2. The van der Waals surface area contributed by atoms with Gasteiger partial charge in [0, 0.05) is 35.3 Å². The average molecular weight is 565 g/mol. The van der Waals surface area contributed by atoms with Crippen molar-refractivity contribution in [1.82, 2.24) is 9.55 Å². The monoisotopic (exact) mass is 564 g/mol. The average Bonchev–Trinajstić information content (AvgIpc) is 3.76. The molecule has 1 fully saturated rings. The van der Waals surface area contributed by atoms with Gasteiger partial charge in [0.05, 0.1) is 46.7 Å². The largest absolute Gasteiger partial charge is 0.495 e. The molecule has 0 atom stereocenters. The van der Waals surface area contributed by atoms with Gasteiger partial charge in [0.15, 0.2) is 0 Å². The van der Waals surface area contributed by atoms with Crippen molar-refractivity contribution in [2.45, 2.75) is 25.8 Å². The second kappa shape index (κ2) is 10.6. The van der Waals surface area contributed by atoms with Crippen LogP contribution in [0.4, 0.5) is 17.2 Å². The summed E-state index contributed by atoms with van der Waals surface area (Å²) < 4.78 is 12.6. The van der Waals surface area contributed by atoms with Gasteiger partial charge in [0.1, 0.15) is 17.3 Å². The van der Waals surface area contributed by atoms with Gasteiger partial charge in [-0.15, -0.1) is 0 Å². The Morgan fingerprint density at radius 2 is 1.82 bits per heavy atom. The summed E-state index contributed by atoms with van der Waals surface area (Å²) in [5.74, 6) is 0.893. The van der Waals surface area contributed by atoms with Crippen LogP contribution in [0.15, 0.2) is 60.0 Å². The number of fused-ring (bicyclic) bond motifs is 1. The summed E-state index contributed by atoms with van der Waals surface area (Å²) >= 11 is 13.3. The van der Waals surface area contributed by atoms with Crippen LogP contribution < -0.4 is 25.7 Å². The number of halogens is 2. The molecule has 4 aromatic rings. The molecular weight excluding hydrogens is 539 g/mol. The fourth-order valence-electron chi connectivity index (χ4n) is 4.55. The second-order valence-electron chi connectivity index (χ2n) is 9.19. The number of amides is 1. The van der Waals surface area contributed by atoms with Gasteiger partial charge in [-0.2, -0.15) is 0 Å². The van der Waals surface area contributed by atoms with E-state index in [1.165, 1.54) is 20.3 Å². The van der Waals surface area contributed by atoms with Gasteiger partial charge < -0.3 is 24.7 Å². The lowest BCUT2D eigenvalue weighted by Gasteiger charge is -2.18. The highest BCUT2D eigenvalue weighted by atomic mass is 35.5. The summed E-state index contributed by atoms with van der Waals surface area (Å²) in [5, 5.41) is 7.31. The Hall–Kier alpha value is -4.01. The van der Waals surface area contributed by atoms with Crippen LogP contribution >= 0.6 is 23.2 Å². The van der Waals surface area contributed by atoms with E-state index in [1.807, 2.05) is 25.1 Å². The molecule has 5 rings (SSSR count). The lowest BCUT2D eigenvalue weighted by molar-refractivity contribution is -0.111. The highest BCUT2D eigenvalue weighted by Crippen LogP contribution is 2.46. The van der Waals surface area contributed by atoms with Gasteiger partial charge in [-0.1, -0.05) is 41.9 Å². The smallest absolute Gasteiger partial charge is 0.259 e. The number of hydrogen-bond acceptors (Lipinski definition) is 6. The van der Waals surface area contributed by atoms with E-state index in [0.29, 0.717) is 39.8 Å². The first-order chi connectivity index (χ1) is 18.8. The number of nitrogens with zero attached hydrogens (tertiary/aromatic N) is 2. The summed E-state index contributed by atoms with van der Waals surface area (Å²) in [6, 6.07) is 10.8. The number of nitrogens with one attached hydrogen (secondary N) is 2. The summed E-state index contributed by atoms with van der Waals surface area (Å²) in [4.78, 5) is 30.5. The van der Waals surface area contributed by atoms with E-state index in [0.717, 1.165) is 29.3 Å². The molecule has 1 aliphatic carbocycles. The minimum Gasteiger partial charge on any atom is -0.495 e. The van der Waals surface area contributed by atoms with Crippen LogP contribution in [0.1, 0.15) is 24.4 Å². The highest BCUT2D eigenvalue weighted by molar-refractivity contribution is 6.41. The number of para-hydroxylation sites is 1. The van der Waals surface area contributed by atoms with E-state index >= 15 is 0 Å². The molecule has 1 saturated carbocycles. The van der Waals surface area contributed by atoms with Crippen molar-refractivity contribution in [3.8, 4) is 22.6 Å². The number of methoxy groups -OCH3 is 2. The number of benzene rings is 2. The number of hydrogen-bond donors (Lipinski definition) is 2. The molecule has 1 amide bonds. The third-order valence-electron chi connectivity index (χ3n) is 6.64. The zero-order valence-electron chi connectivity index (χ0n) is 21.6. The van der Waals surface area contributed by atoms with Crippen molar-refractivity contribution in [3.05, 3.63) is 81.2 Å². The Kier molecular flexibility index (Phi) is 7.25. The number of anilines is 3. The van der Waals surface area contributed by atoms with Crippen molar-refractivity contribution in [3.63, 3.8) is 0 Å². The second-order valence-corrected chi connectivity index (χ2v) is 9.95. The van der Waals surface area contributed by atoms with Gasteiger partial charge in [-0.25, -0.2) is 4.98 Å². The molecule has 39 heavy (non-hydrogen) atoms. The maximum atomic E-state index is 14.0. The molecule has 10 heteroatoms. The Bertz CT molecular complexity index is 1670. The van der Waals surface area contributed by atoms with Crippen molar-refractivity contribution in [2.24, 2.45) is 0 Å². The van der Waals surface area contributed by atoms with E-state index in [2.05, 4.69) is 22.2 Å². The first kappa shape index (κ1) is 26.6. The number of carbonyl (C=O) groups is 1. The van der Waals surface area contributed by atoms with Gasteiger partial charge in [-0.3, -0.25) is 9.59 Å². The number of carbonyl (C=O) groups excluding carboxylic acids is 1. The van der Waals surface area contributed by atoms with Crippen molar-refractivity contribution in [2.75, 3.05) is 24.9 Å². The number of rotatable bonds is 8. The molecule has 0 spiro atoms. The molecule has 1 aliphatic rings. The third kappa shape index (κ3) is 4.93. The van der Waals surface area contributed by atoms with Crippen LogP contribution in [-0.4, -0.2) is 29.7 Å². The zero-order valence-corrected chi connectivity index (χ0v) is 23.1. The molecule has 0 radical (unpaired) electrons. The first-order valence-electron chi connectivity index (χ1n) is 12.2. The fraction of sp³-hybridized carbons (Fsp3) is 0.207. The summed E-state index contributed by atoms with van der Waals surface area (Å²) in [5.41, 5.74) is 3.36. The van der Waals surface area contributed by atoms with E-state index in [9.17, 15) is 9.59 Å². The van der Waals surface area contributed by atoms with Crippen molar-refractivity contribution < 1.29 is 14.3 Å². The van der Waals surface area contributed by atoms with Crippen molar-refractivity contribution in [1.29, 1.82) is 0 Å². The molecule has 0 aliphatic heterocycles. The summed E-state index contributed by atoms with van der Waals surface area (Å²) in [6.07, 6.45) is 4.66. The number of aryl methyl sites for hydroxylation is 1. The minimum absolute atomic E-state index is 0.0427. The molecule has 2 aromatic carbocycles. The molecular formula is C29H26Cl2N4O4. The Morgan fingerprint density at radius 3 is 2.44 bits per heavy atom. The maximum absolute atomic E-state index is 14.0. The maximum Gasteiger partial charge on any atom is 0.259 e. The van der Waals surface area contributed by atoms with Crippen LogP contribution in [0.5, 0.6) is 11.5 Å². The van der Waals surface area contributed by atoms with Gasteiger partial charge >= 0.3 is 0 Å². The van der Waals surface area contributed by atoms with Gasteiger partial charge in [-0.05, 0) is 43.5 Å². The fourth-order valence-corrected chi connectivity index (χ4v) is 5.25. The lowest BCUT2D eigenvalue weighted by Crippen LogP contribution is -2.22. The normalized spacial score (nSPS) is 12.7. The molecule has 2 N–H and O–H groups in total. The van der Waals surface area contributed by atoms with Crippen LogP contribution in [0.3, 0.4) is 0 Å². The summed E-state index contributed by atoms with van der Waals surface area (Å²) in [6.45, 7) is 5.44. The summed E-state index contributed by atoms with van der Waals surface area (Å²) in [7, 11) is 2.98. The first-order valence-corrected chi connectivity index (χ1v) is 13.0. The van der Waals surface area contributed by atoms with Crippen LogP contribution in [0, 0.1) is 6.92 Å². The SMILES string of the molecule is C=CC(=O)Nc1cccc(C)c1Nc1cc2c(cn1)cc(-c1c(Cl)c(OC)cc(OC)c1Cl)c(=O)n2C1CC1. The van der Waals surface area contributed by atoms with E-state index in [1.54, 1.807) is 29.0 Å². The molecule has 0 bridgehead atoms. The van der Waals surface area contributed by atoms with Crippen LogP contribution in [-0.2, 0) is 4.79 Å². The Balaban J connectivity index is 1.67. The third-order valence-corrected chi connectivity index (χ3v) is 7.40. The van der Waals surface area contributed by atoms with Gasteiger partial charge in [0.2, 0.25) is 5.91 Å². The molecule has 2 heterocycles. The topological polar surface area (TPSA) is 94.5 Å². The molecule has 0 unspecified atom stereocenters. The molecule has 8 nitrogen and oxygen atoms in total. The Labute approximate surface area is 235 Å². The molecule has 200 valence electrons. The molecule has 0 saturated heterocycles. The quantitative estimate of drug-likeness (QED) is 0.226. The number of aromatic nitrogens is 2. The minimum atomic E-state index is -0.322. The van der Waals surface area contributed by atoms with Crippen LogP contribution in [0.2, 0.25) is 10.0 Å².